The lowest BCUT2D eigenvalue weighted by Crippen LogP contribution is -2.39. The van der Waals surface area contributed by atoms with Crippen LogP contribution in [0, 0.1) is 5.82 Å². The minimum absolute atomic E-state index is 0.196. The highest BCUT2D eigenvalue weighted by Gasteiger charge is 2.34. The highest BCUT2D eigenvalue weighted by molar-refractivity contribution is 6.08. The van der Waals surface area contributed by atoms with Gasteiger partial charge in [0.2, 0.25) is 0 Å². The molecule has 37 heavy (non-hydrogen) atoms. The molecule has 0 radical (unpaired) electrons. The van der Waals surface area contributed by atoms with E-state index in [0.717, 1.165) is 4.90 Å². The highest BCUT2D eigenvalue weighted by Crippen LogP contribution is 2.36. The van der Waals surface area contributed by atoms with Crippen LogP contribution in [0.2, 0.25) is 0 Å². The van der Waals surface area contributed by atoms with Crippen LogP contribution >= 0.6 is 0 Å². The molecule has 4 aromatic rings. The Morgan fingerprint density at radius 1 is 0.946 bits per heavy atom. The smallest absolute Gasteiger partial charge is 0.332 e. The van der Waals surface area contributed by atoms with Crippen LogP contribution < -0.4 is 25.0 Å². The molecule has 2 aromatic carbocycles. The fourth-order valence-corrected chi connectivity index (χ4v) is 4.10. The Bertz CT molecular complexity index is 1480. The van der Waals surface area contributed by atoms with Gasteiger partial charge in [-0.3, -0.25) is 14.9 Å². The summed E-state index contributed by atoms with van der Waals surface area (Å²) in [5.74, 6) is 0.462. The van der Waals surface area contributed by atoms with Crippen molar-refractivity contribution < 1.29 is 23.5 Å². The minimum Gasteiger partial charge on any atom is -0.493 e. The first-order chi connectivity index (χ1) is 18.0. The second-order valence-corrected chi connectivity index (χ2v) is 8.12. The number of amides is 4. The van der Waals surface area contributed by atoms with Crippen LogP contribution in [0.4, 0.5) is 36.7 Å². The first-order valence-corrected chi connectivity index (χ1v) is 11.4. The third-order valence-electron chi connectivity index (χ3n) is 5.97. The quantitative estimate of drug-likeness (QED) is 0.382. The standard InChI is InChI=1S/C26H23FN6O4/c1-36-23-14-18-20(7-10-29-22(18)15-24(23)37-2)31-21-4-3-16(13-19(21)27)30-25(34)33-12-11-32(26(33)35)17-5-8-28-9-6-17/h3-10,13-15H,11-12H2,1-2H3,(H,29,31)(H,30,34). The van der Waals surface area contributed by atoms with Crippen molar-refractivity contribution in [3.8, 4) is 11.5 Å². The molecule has 0 saturated carbocycles. The number of pyridine rings is 2. The number of hydrogen-bond acceptors (Lipinski definition) is 7. The molecule has 0 aliphatic carbocycles. The number of hydrogen-bond donors (Lipinski definition) is 2. The SMILES string of the molecule is COc1cc2nccc(Nc3ccc(NC(=O)N4CCN(c5ccncc5)C4=O)cc3F)c2cc1OC. The summed E-state index contributed by atoms with van der Waals surface area (Å²) < 4.78 is 25.7. The summed E-state index contributed by atoms with van der Waals surface area (Å²) in [4.78, 5) is 36.3. The van der Waals surface area contributed by atoms with Crippen molar-refractivity contribution in [1.29, 1.82) is 0 Å². The molecule has 1 saturated heterocycles. The van der Waals surface area contributed by atoms with E-state index in [1.807, 2.05) is 0 Å². The van der Waals surface area contributed by atoms with Crippen molar-refractivity contribution in [3.63, 3.8) is 0 Å². The number of ether oxygens (including phenoxy) is 2. The molecule has 0 bridgehead atoms. The van der Waals surface area contributed by atoms with Crippen LogP contribution in [-0.2, 0) is 0 Å². The van der Waals surface area contributed by atoms with E-state index >= 15 is 4.39 Å². The Hall–Kier alpha value is -4.93. The molecule has 1 fully saturated rings. The number of nitrogens with one attached hydrogen (secondary N) is 2. The summed E-state index contributed by atoms with van der Waals surface area (Å²) in [6, 6.07) is 11.8. The van der Waals surface area contributed by atoms with Gasteiger partial charge in [-0.1, -0.05) is 0 Å². The van der Waals surface area contributed by atoms with E-state index in [-0.39, 0.29) is 17.9 Å². The number of carbonyl (C=O) groups excluding carboxylic acids is 2. The number of carbonyl (C=O) groups is 2. The van der Waals surface area contributed by atoms with Gasteiger partial charge in [0.25, 0.3) is 0 Å². The average molecular weight is 503 g/mol. The molecule has 1 aliphatic rings. The number of urea groups is 2. The highest BCUT2D eigenvalue weighted by atomic mass is 19.1. The van der Waals surface area contributed by atoms with Crippen molar-refractivity contribution in [2.24, 2.45) is 0 Å². The lowest BCUT2D eigenvalue weighted by atomic mass is 10.1. The number of halogens is 1. The van der Waals surface area contributed by atoms with Gasteiger partial charge in [0.15, 0.2) is 11.5 Å². The van der Waals surface area contributed by atoms with Crippen LogP contribution in [0.1, 0.15) is 0 Å². The molecule has 11 heteroatoms. The van der Waals surface area contributed by atoms with Gasteiger partial charge in [-0.2, -0.15) is 0 Å². The molecule has 1 aliphatic heterocycles. The largest absolute Gasteiger partial charge is 0.493 e. The second-order valence-electron chi connectivity index (χ2n) is 8.12. The number of imide groups is 1. The minimum atomic E-state index is -0.636. The van der Waals surface area contributed by atoms with Crippen LogP contribution in [0.3, 0.4) is 0 Å². The molecule has 0 atom stereocenters. The van der Waals surface area contributed by atoms with Crippen LogP contribution in [0.25, 0.3) is 10.9 Å². The van der Waals surface area contributed by atoms with E-state index in [9.17, 15) is 9.59 Å². The van der Waals surface area contributed by atoms with E-state index in [1.165, 1.54) is 31.3 Å². The van der Waals surface area contributed by atoms with Gasteiger partial charge in [-0.15, -0.1) is 0 Å². The van der Waals surface area contributed by atoms with Gasteiger partial charge in [0, 0.05) is 53.7 Å². The first kappa shape index (κ1) is 23.8. The molecular weight excluding hydrogens is 479 g/mol. The average Bonchev–Trinajstić information content (AvgIpc) is 3.31. The topological polar surface area (TPSA) is 109 Å². The van der Waals surface area contributed by atoms with Crippen molar-refractivity contribution in [3.05, 3.63) is 72.9 Å². The maximum absolute atomic E-state index is 15.0. The van der Waals surface area contributed by atoms with Crippen molar-refractivity contribution in [2.45, 2.75) is 0 Å². The van der Waals surface area contributed by atoms with E-state index in [1.54, 1.807) is 55.0 Å². The number of rotatable bonds is 6. The fraction of sp³-hybridized carbons (Fsp3) is 0.154. The van der Waals surface area contributed by atoms with Gasteiger partial charge in [-0.05, 0) is 42.5 Å². The number of nitrogens with zero attached hydrogens (tertiary/aromatic N) is 4. The van der Waals surface area contributed by atoms with Crippen LogP contribution in [0.5, 0.6) is 11.5 Å². The van der Waals surface area contributed by atoms with Gasteiger partial charge in [0.1, 0.15) is 5.82 Å². The van der Waals surface area contributed by atoms with Crippen molar-refractivity contribution >= 4 is 45.7 Å². The normalized spacial score (nSPS) is 13.1. The van der Waals surface area contributed by atoms with E-state index in [2.05, 4.69) is 20.6 Å². The molecule has 4 amide bonds. The van der Waals surface area contributed by atoms with E-state index < -0.39 is 17.9 Å². The van der Waals surface area contributed by atoms with Crippen molar-refractivity contribution in [2.75, 3.05) is 42.8 Å². The summed E-state index contributed by atoms with van der Waals surface area (Å²) in [5.41, 5.74) is 2.32. The monoisotopic (exact) mass is 502 g/mol. The summed E-state index contributed by atoms with van der Waals surface area (Å²) in [5, 5.41) is 6.38. The van der Waals surface area contributed by atoms with Crippen LogP contribution in [0.15, 0.2) is 67.1 Å². The zero-order valence-electron chi connectivity index (χ0n) is 20.1. The Balaban J connectivity index is 1.31. The Morgan fingerprint density at radius 3 is 2.43 bits per heavy atom. The molecule has 3 heterocycles. The summed E-state index contributed by atoms with van der Waals surface area (Å²) in [6.45, 7) is 0.558. The molecular formula is C26H23FN6O4. The lowest BCUT2D eigenvalue weighted by Gasteiger charge is -2.18. The molecule has 188 valence electrons. The van der Waals surface area contributed by atoms with E-state index in [4.69, 9.17) is 9.47 Å². The summed E-state index contributed by atoms with van der Waals surface area (Å²) in [6.07, 6.45) is 4.75. The van der Waals surface area contributed by atoms with Crippen molar-refractivity contribution in [1.82, 2.24) is 14.9 Å². The number of aromatic nitrogens is 2. The third-order valence-corrected chi connectivity index (χ3v) is 5.97. The summed E-state index contributed by atoms with van der Waals surface area (Å²) >= 11 is 0. The predicted molar refractivity (Wildman–Crippen MR) is 137 cm³/mol. The number of benzene rings is 2. The maximum Gasteiger partial charge on any atom is 0.332 e. The summed E-state index contributed by atoms with van der Waals surface area (Å²) in [7, 11) is 3.07. The van der Waals surface area contributed by atoms with E-state index in [0.29, 0.717) is 40.3 Å². The fourth-order valence-electron chi connectivity index (χ4n) is 4.10. The lowest BCUT2D eigenvalue weighted by molar-refractivity contribution is 0.209. The van der Waals surface area contributed by atoms with Gasteiger partial charge >= 0.3 is 12.1 Å². The molecule has 2 aromatic heterocycles. The second kappa shape index (κ2) is 9.97. The number of anilines is 4. The zero-order valence-corrected chi connectivity index (χ0v) is 20.1. The van der Waals surface area contributed by atoms with Gasteiger partial charge < -0.3 is 20.1 Å². The Labute approximate surface area is 211 Å². The van der Waals surface area contributed by atoms with Crippen LogP contribution in [-0.4, -0.2) is 54.2 Å². The molecule has 10 nitrogen and oxygen atoms in total. The number of fused-ring (bicyclic) bond motifs is 1. The molecule has 0 unspecified atom stereocenters. The molecule has 0 spiro atoms. The zero-order chi connectivity index (χ0) is 25.9. The Morgan fingerprint density at radius 2 is 1.70 bits per heavy atom. The maximum atomic E-state index is 15.0. The molecule has 2 N–H and O–H groups in total. The Kier molecular flexibility index (Phi) is 6.42. The number of methoxy groups -OCH3 is 2. The molecule has 5 rings (SSSR count). The first-order valence-electron chi connectivity index (χ1n) is 11.4. The third kappa shape index (κ3) is 4.66. The van der Waals surface area contributed by atoms with Gasteiger partial charge in [-0.25, -0.2) is 18.9 Å². The predicted octanol–water partition coefficient (Wildman–Crippen LogP) is 5.00. The van der Waals surface area contributed by atoms with Gasteiger partial charge in [0.05, 0.1) is 32.0 Å².